The molecule has 2 aliphatic carbocycles. The highest BCUT2D eigenvalue weighted by Gasteiger charge is 2.44. The minimum Gasteiger partial charge on any atom is -0.389 e. The van der Waals surface area contributed by atoms with Gasteiger partial charge in [-0.25, -0.2) is 0 Å². The van der Waals surface area contributed by atoms with Crippen LogP contribution in [0.3, 0.4) is 0 Å². The largest absolute Gasteiger partial charge is 0.389 e. The molecule has 0 heterocycles. The van der Waals surface area contributed by atoms with Crippen molar-refractivity contribution in [2.24, 2.45) is 0 Å². The summed E-state index contributed by atoms with van der Waals surface area (Å²) in [6.45, 7) is 0. The molecule has 1 unspecified atom stereocenters. The van der Waals surface area contributed by atoms with Gasteiger partial charge in [0.05, 0.1) is 11.7 Å². The van der Waals surface area contributed by atoms with E-state index in [0.29, 0.717) is 0 Å². The molecule has 2 heteroatoms. The molecule has 0 bridgehead atoms. The van der Waals surface area contributed by atoms with Crippen LogP contribution in [-0.4, -0.2) is 23.9 Å². The average Bonchev–Trinajstić information content (AvgIpc) is 3.00. The predicted octanol–water partition coefficient (Wildman–Crippen LogP) is 2.42. The van der Waals surface area contributed by atoms with Gasteiger partial charge in [0.1, 0.15) is 0 Å². The second-order valence-corrected chi connectivity index (χ2v) is 4.63. The van der Waals surface area contributed by atoms with Gasteiger partial charge >= 0.3 is 0 Å². The van der Waals surface area contributed by atoms with Gasteiger partial charge in [0.25, 0.3) is 0 Å². The summed E-state index contributed by atoms with van der Waals surface area (Å²) >= 11 is 0. The fraction of sp³-hybridized carbons (Fsp3) is 0.833. The van der Waals surface area contributed by atoms with E-state index in [-0.39, 0.29) is 11.7 Å². The molecule has 2 rings (SSSR count). The number of allylic oxidation sites excluding steroid dienone is 1. The lowest BCUT2D eigenvalue weighted by atomic mass is 9.92. The third kappa shape index (κ3) is 2.18. The predicted molar refractivity (Wildman–Crippen MR) is 56.1 cm³/mol. The average molecular weight is 196 g/mol. The Kier molecular flexibility index (Phi) is 2.93. The highest BCUT2D eigenvalue weighted by molar-refractivity contribution is 5.13. The smallest absolute Gasteiger partial charge is 0.0777 e. The van der Waals surface area contributed by atoms with Crippen LogP contribution in [0.4, 0.5) is 0 Å². The lowest BCUT2D eigenvalue weighted by Gasteiger charge is -2.22. The van der Waals surface area contributed by atoms with Gasteiger partial charge in [-0.15, -0.1) is 0 Å². The van der Waals surface area contributed by atoms with E-state index in [9.17, 15) is 5.11 Å². The molecule has 0 saturated heterocycles. The first-order valence-electron chi connectivity index (χ1n) is 5.68. The molecule has 2 nitrogen and oxygen atoms in total. The fourth-order valence-corrected chi connectivity index (χ4v) is 2.28. The zero-order chi connectivity index (χ0) is 10.0. The zero-order valence-corrected chi connectivity index (χ0v) is 8.96. The lowest BCUT2D eigenvalue weighted by molar-refractivity contribution is 0.0362. The first kappa shape index (κ1) is 10.2. The summed E-state index contributed by atoms with van der Waals surface area (Å²) in [5.74, 6) is 0. The molecule has 1 fully saturated rings. The molecule has 1 atom stereocenters. The third-order valence-corrected chi connectivity index (χ3v) is 3.56. The van der Waals surface area contributed by atoms with Crippen LogP contribution in [0.5, 0.6) is 0 Å². The molecule has 0 aromatic rings. The lowest BCUT2D eigenvalue weighted by Crippen LogP contribution is -2.23. The van der Waals surface area contributed by atoms with Crippen LogP contribution < -0.4 is 0 Å². The Morgan fingerprint density at radius 2 is 2.29 bits per heavy atom. The van der Waals surface area contributed by atoms with Crippen molar-refractivity contribution in [3.63, 3.8) is 0 Å². The van der Waals surface area contributed by atoms with Crippen molar-refractivity contribution in [2.75, 3.05) is 7.11 Å². The van der Waals surface area contributed by atoms with Gasteiger partial charge in [0, 0.05) is 13.5 Å². The molecule has 0 radical (unpaired) electrons. The van der Waals surface area contributed by atoms with E-state index in [4.69, 9.17) is 4.74 Å². The Morgan fingerprint density at radius 3 is 2.79 bits per heavy atom. The van der Waals surface area contributed by atoms with Gasteiger partial charge < -0.3 is 9.84 Å². The van der Waals surface area contributed by atoms with Gasteiger partial charge in [-0.1, -0.05) is 6.08 Å². The van der Waals surface area contributed by atoms with E-state index in [0.717, 1.165) is 32.1 Å². The zero-order valence-electron chi connectivity index (χ0n) is 8.96. The first-order chi connectivity index (χ1) is 6.76. The van der Waals surface area contributed by atoms with Gasteiger partial charge in [0.15, 0.2) is 0 Å². The summed E-state index contributed by atoms with van der Waals surface area (Å²) in [7, 11) is 1.76. The SMILES string of the molecule is COC1(CC(O)C2=CCCCC2)CC1. The Morgan fingerprint density at radius 1 is 1.50 bits per heavy atom. The summed E-state index contributed by atoms with van der Waals surface area (Å²) in [6.07, 6.45) is 9.76. The summed E-state index contributed by atoms with van der Waals surface area (Å²) in [5.41, 5.74) is 1.28. The molecular weight excluding hydrogens is 176 g/mol. The molecule has 0 aromatic heterocycles. The van der Waals surface area contributed by atoms with Crippen molar-refractivity contribution in [1.29, 1.82) is 0 Å². The number of hydrogen-bond acceptors (Lipinski definition) is 2. The Bertz CT molecular complexity index is 228. The maximum Gasteiger partial charge on any atom is 0.0777 e. The topological polar surface area (TPSA) is 29.5 Å². The maximum absolute atomic E-state index is 10.0. The summed E-state index contributed by atoms with van der Waals surface area (Å²) in [4.78, 5) is 0. The number of methoxy groups -OCH3 is 1. The molecule has 0 aromatic carbocycles. The van der Waals surface area contributed by atoms with E-state index < -0.39 is 0 Å². The van der Waals surface area contributed by atoms with Crippen LogP contribution in [0.2, 0.25) is 0 Å². The molecule has 14 heavy (non-hydrogen) atoms. The molecule has 1 saturated carbocycles. The van der Waals surface area contributed by atoms with E-state index in [2.05, 4.69) is 6.08 Å². The van der Waals surface area contributed by atoms with Gasteiger partial charge in [-0.05, 0) is 44.1 Å². The number of hydrogen-bond donors (Lipinski definition) is 1. The minimum absolute atomic E-state index is 0.0255. The monoisotopic (exact) mass is 196 g/mol. The Labute approximate surface area is 86.0 Å². The highest BCUT2D eigenvalue weighted by Crippen LogP contribution is 2.44. The Hall–Kier alpha value is -0.340. The van der Waals surface area contributed by atoms with Crippen LogP contribution in [0, 0.1) is 0 Å². The molecular formula is C12H20O2. The number of rotatable bonds is 4. The molecule has 1 N–H and O–H groups in total. The van der Waals surface area contributed by atoms with Crippen molar-refractivity contribution in [3.8, 4) is 0 Å². The molecule has 0 aliphatic heterocycles. The van der Waals surface area contributed by atoms with Crippen LogP contribution >= 0.6 is 0 Å². The number of aliphatic hydroxyl groups is 1. The summed E-state index contributed by atoms with van der Waals surface area (Å²) in [5, 5.41) is 10.0. The van der Waals surface area contributed by atoms with Crippen LogP contribution in [0.15, 0.2) is 11.6 Å². The van der Waals surface area contributed by atoms with E-state index >= 15 is 0 Å². The summed E-state index contributed by atoms with van der Waals surface area (Å²) in [6, 6.07) is 0. The standard InChI is InChI=1S/C12H20O2/c1-14-12(7-8-12)9-11(13)10-5-3-2-4-6-10/h5,11,13H,2-4,6-9H2,1H3. The Balaban J connectivity index is 1.88. The van der Waals surface area contributed by atoms with Gasteiger partial charge in [0.2, 0.25) is 0 Å². The van der Waals surface area contributed by atoms with Crippen molar-refractivity contribution >= 4 is 0 Å². The van der Waals surface area contributed by atoms with Crippen LogP contribution in [0.1, 0.15) is 44.9 Å². The third-order valence-electron chi connectivity index (χ3n) is 3.56. The second kappa shape index (κ2) is 4.03. The quantitative estimate of drug-likeness (QED) is 0.700. The molecule has 80 valence electrons. The van der Waals surface area contributed by atoms with Crippen molar-refractivity contribution in [3.05, 3.63) is 11.6 Å². The number of ether oxygens (including phenoxy) is 1. The first-order valence-corrected chi connectivity index (χ1v) is 5.68. The minimum atomic E-state index is -0.252. The molecule has 0 spiro atoms. The normalized spacial score (nSPS) is 26.9. The maximum atomic E-state index is 10.0. The highest BCUT2D eigenvalue weighted by atomic mass is 16.5. The second-order valence-electron chi connectivity index (χ2n) is 4.63. The summed E-state index contributed by atoms with van der Waals surface area (Å²) < 4.78 is 5.42. The van der Waals surface area contributed by atoms with Gasteiger partial charge in [-0.3, -0.25) is 0 Å². The number of aliphatic hydroxyl groups excluding tert-OH is 1. The van der Waals surface area contributed by atoms with E-state index in [1.807, 2.05) is 0 Å². The van der Waals surface area contributed by atoms with Crippen molar-refractivity contribution in [1.82, 2.24) is 0 Å². The van der Waals surface area contributed by atoms with Crippen molar-refractivity contribution < 1.29 is 9.84 Å². The fourth-order valence-electron chi connectivity index (χ4n) is 2.28. The van der Waals surface area contributed by atoms with Gasteiger partial charge in [-0.2, -0.15) is 0 Å². The molecule has 2 aliphatic rings. The van der Waals surface area contributed by atoms with Crippen LogP contribution in [0.25, 0.3) is 0 Å². The molecule has 0 amide bonds. The van der Waals surface area contributed by atoms with Crippen LogP contribution in [-0.2, 0) is 4.74 Å². The van der Waals surface area contributed by atoms with Crippen molar-refractivity contribution in [2.45, 2.75) is 56.7 Å². The van der Waals surface area contributed by atoms with E-state index in [1.54, 1.807) is 7.11 Å². The van der Waals surface area contributed by atoms with E-state index in [1.165, 1.54) is 18.4 Å².